The molecule has 55 heavy (non-hydrogen) atoms. The number of hydrogen-bond acceptors (Lipinski definition) is 13. The van der Waals surface area contributed by atoms with E-state index in [1.165, 1.54) is 34.1 Å². The van der Waals surface area contributed by atoms with Crippen LogP contribution in [0.25, 0.3) is 0 Å². The molecule has 11 N–H and O–H groups in total. The van der Waals surface area contributed by atoms with Gasteiger partial charge < -0.3 is 53.3 Å². The third kappa shape index (κ3) is 12.0. The maximum atomic E-state index is 13.5. The number of nitrogens with two attached hydrogens (primary N) is 3. The summed E-state index contributed by atoms with van der Waals surface area (Å²) in [5.74, 6) is -2.88. The van der Waals surface area contributed by atoms with Crippen LogP contribution < -0.4 is 44.5 Å². The minimum Gasteiger partial charge on any atom is -0.425 e. The highest BCUT2D eigenvalue weighted by molar-refractivity contribution is 5.96. The van der Waals surface area contributed by atoms with E-state index in [1.807, 2.05) is 0 Å². The molecule has 0 aliphatic carbocycles. The Balaban J connectivity index is 1.65. The summed E-state index contributed by atoms with van der Waals surface area (Å²) >= 11 is 0. The van der Waals surface area contributed by atoms with Crippen LogP contribution >= 0.6 is 0 Å². The van der Waals surface area contributed by atoms with Gasteiger partial charge in [0.1, 0.15) is 22.6 Å². The van der Waals surface area contributed by atoms with Crippen LogP contribution in [-0.4, -0.2) is 122 Å². The molecule has 300 valence electrons. The van der Waals surface area contributed by atoms with E-state index in [0.717, 1.165) is 30.7 Å². The van der Waals surface area contributed by atoms with Crippen LogP contribution in [0.4, 0.5) is 0 Å². The molecule has 0 unspecified atom stereocenters. The number of rotatable bonds is 22. The number of pyridine rings is 3. The van der Waals surface area contributed by atoms with Gasteiger partial charge in [-0.2, -0.15) is 0 Å². The fourth-order valence-electron chi connectivity index (χ4n) is 5.61. The van der Waals surface area contributed by atoms with Gasteiger partial charge in [0.25, 0.3) is 40.3 Å². The summed E-state index contributed by atoms with van der Waals surface area (Å²) in [6.07, 6.45) is 3.30. The summed E-state index contributed by atoms with van der Waals surface area (Å²) in [5, 5.41) is 35.9. The van der Waals surface area contributed by atoms with Gasteiger partial charge in [-0.1, -0.05) is 18.6 Å². The number of carbonyl (C=O) groups excluding carboxylic acids is 4. The third-order valence-corrected chi connectivity index (χ3v) is 8.66. The molecule has 0 aliphatic rings. The van der Waals surface area contributed by atoms with Crippen LogP contribution in [0.3, 0.4) is 0 Å². The largest absolute Gasteiger partial charge is 0.425 e. The normalized spacial score (nSPS) is 11.5. The molecule has 0 aliphatic heterocycles. The molecule has 0 saturated carbocycles. The van der Waals surface area contributed by atoms with Crippen LogP contribution in [0.1, 0.15) is 86.8 Å². The first kappa shape index (κ1) is 43.4. The van der Waals surface area contributed by atoms with Crippen molar-refractivity contribution in [2.45, 2.75) is 51.0 Å². The summed E-state index contributed by atoms with van der Waals surface area (Å²) in [6.45, 7) is 1.40. The molecule has 0 saturated heterocycles. The lowest BCUT2D eigenvalue weighted by Crippen LogP contribution is -2.43. The Kier molecular flexibility index (Phi) is 17.1. The zero-order chi connectivity index (χ0) is 40.5. The van der Waals surface area contributed by atoms with E-state index in [4.69, 9.17) is 17.2 Å². The summed E-state index contributed by atoms with van der Waals surface area (Å²) in [5.41, 5.74) is 12.8. The van der Waals surface area contributed by atoms with E-state index >= 15 is 0 Å². The quantitative estimate of drug-likeness (QED) is 0.0432. The summed E-state index contributed by atoms with van der Waals surface area (Å²) < 4.78 is 0.574. The minimum atomic E-state index is -1.13. The number of nitrogens with one attached hydrogen (secondary N) is 2. The first-order valence-corrected chi connectivity index (χ1v) is 17.9. The molecule has 3 heterocycles. The second-order valence-electron chi connectivity index (χ2n) is 12.6. The fraction of sp³-hybridized carbons (Fsp3) is 0.457. The van der Waals surface area contributed by atoms with Gasteiger partial charge in [0.05, 0.1) is 0 Å². The average Bonchev–Trinajstić information content (AvgIpc) is 3.17. The Labute approximate surface area is 315 Å². The van der Waals surface area contributed by atoms with Gasteiger partial charge >= 0.3 is 0 Å². The van der Waals surface area contributed by atoms with Gasteiger partial charge in [0.2, 0.25) is 0 Å². The minimum absolute atomic E-state index is 0.0236. The van der Waals surface area contributed by atoms with Gasteiger partial charge in [-0.15, -0.1) is 14.2 Å². The molecule has 0 radical (unpaired) electrons. The second-order valence-corrected chi connectivity index (χ2v) is 12.6. The molecule has 20 nitrogen and oxygen atoms in total. The molecular formula is C35H50N10O10. The molecule has 3 aromatic rings. The van der Waals surface area contributed by atoms with Crippen molar-refractivity contribution < 1.29 is 34.8 Å². The number of hydrogen-bond donors (Lipinski definition) is 8. The predicted octanol–water partition coefficient (Wildman–Crippen LogP) is -1.40. The van der Waals surface area contributed by atoms with Gasteiger partial charge in [0, 0.05) is 57.4 Å². The van der Waals surface area contributed by atoms with E-state index in [2.05, 4.69) is 10.6 Å². The van der Waals surface area contributed by atoms with Crippen LogP contribution in [0, 0.1) is 0 Å². The molecule has 20 heteroatoms. The highest BCUT2D eigenvalue weighted by Gasteiger charge is 2.23. The number of amides is 4. The van der Waals surface area contributed by atoms with Crippen LogP contribution in [0.5, 0.6) is 0 Å². The Hall–Kier alpha value is -5.99. The van der Waals surface area contributed by atoms with Crippen molar-refractivity contribution in [3.05, 3.63) is 102 Å². The lowest BCUT2D eigenvalue weighted by Gasteiger charge is -2.25. The molecule has 0 fully saturated rings. The standard InChI is InChI=1S/C35H50N10O10/c36-16-2-1-9-24(23-38)40-32(49)26-15-14-25(33(50)45(26)55)31(48)39-18-8-22-42(35(52)28-11-6-13-30(47)44(28)54)20-4-3-19-41(21-7-17-37)34(51)27-10-5-12-29(46)43(27)53/h5-6,10-15,24,53-55H,1-4,7-9,16-23,36-38H2,(H,39,48)(H,40,49)/t24-/m0/s1. The predicted molar refractivity (Wildman–Crippen MR) is 199 cm³/mol. The molecule has 0 spiro atoms. The second kappa shape index (κ2) is 21.6. The highest BCUT2D eigenvalue weighted by atomic mass is 16.5. The number of unbranched alkanes of at least 4 members (excludes halogenated alkanes) is 2. The maximum Gasteiger partial charge on any atom is 0.296 e. The van der Waals surface area contributed by atoms with E-state index in [0.29, 0.717) is 38.6 Å². The number of carbonyl (C=O) groups is 4. The van der Waals surface area contributed by atoms with E-state index in [1.54, 1.807) is 0 Å². The Morgan fingerprint density at radius 2 is 1.15 bits per heavy atom. The summed E-state index contributed by atoms with van der Waals surface area (Å²) in [7, 11) is 0. The van der Waals surface area contributed by atoms with Crippen molar-refractivity contribution in [1.29, 1.82) is 0 Å². The molecule has 1 atom stereocenters. The SMILES string of the molecule is NCCCC[C@@H](CN)NC(=O)c1ccc(C(=O)NCCCN(CCCCN(CCCN)C(=O)c2cccc(=O)n2O)C(=O)c2cccc(=O)n2O)c(=O)n1O. The van der Waals surface area contributed by atoms with Crippen LogP contribution in [-0.2, 0) is 0 Å². The van der Waals surface area contributed by atoms with Crippen molar-refractivity contribution >= 4 is 23.6 Å². The third-order valence-electron chi connectivity index (χ3n) is 8.66. The molecule has 0 bridgehead atoms. The molecule has 0 aromatic carbocycles. The highest BCUT2D eigenvalue weighted by Crippen LogP contribution is 2.10. The first-order chi connectivity index (χ1) is 26.4. The van der Waals surface area contributed by atoms with Gasteiger partial charge in [-0.25, -0.2) is 0 Å². The van der Waals surface area contributed by atoms with Crippen molar-refractivity contribution in [2.75, 3.05) is 52.4 Å². The molecule has 3 aromatic heterocycles. The molecule has 3 rings (SSSR count). The molecular weight excluding hydrogens is 720 g/mol. The van der Waals surface area contributed by atoms with E-state index in [-0.39, 0.29) is 77.8 Å². The van der Waals surface area contributed by atoms with Crippen molar-refractivity contribution in [2.24, 2.45) is 17.2 Å². The van der Waals surface area contributed by atoms with Gasteiger partial charge in [-0.05, 0) is 75.9 Å². The lowest BCUT2D eigenvalue weighted by molar-refractivity contribution is 0.0658. The Morgan fingerprint density at radius 3 is 1.67 bits per heavy atom. The van der Waals surface area contributed by atoms with Crippen molar-refractivity contribution in [1.82, 2.24) is 34.6 Å². The average molecular weight is 771 g/mol. The van der Waals surface area contributed by atoms with Crippen LogP contribution in [0.2, 0.25) is 0 Å². The maximum absolute atomic E-state index is 13.5. The van der Waals surface area contributed by atoms with E-state index in [9.17, 15) is 49.2 Å². The summed E-state index contributed by atoms with van der Waals surface area (Å²) in [4.78, 5) is 91.8. The van der Waals surface area contributed by atoms with E-state index < -0.39 is 57.6 Å². The van der Waals surface area contributed by atoms with Crippen LogP contribution in [0.15, 0.2) is 62.9 Å². The van der Waals surface area contributed by atoms with Gasteiger partial charge in [-0.3, -0.25) is 33.6 Å². The Morgan fingerprint density at radius 1 is 0.618 bits per heavy atom. The Bertz CT molecular complexity index is 1960. The fourth-order valence-corrected chi connectivity index (χ4v) is 5.61. The monoisotopic (exact) mass is 770 g/mol. The number of aromatic nitrogens is 3. The van der Waals surface area contributed by atoms with Crippen molar-refractivity contribution in [3.63, 3.8) is 0 Å². The zero-order valence-corrected chi connectivity index (χ0v) is 30.5. The lowest BCUT2D eigenvalue weighted by atomic mass is 10.1. The molecule has 4 amide bonds. The topological polar surface area (TPSA) is 304 Å². The summed E-state index contributed by atoms with van der Waals surface area (Å²) in [6, 6.07) is 9.23. The zero-order valence-electron chi connectivity index (χ0n) is 30.5. The van der Waals surface area contributed by atoms with Crippen molar-refractivity contribution in [3.8, 4) is 0 Å². The van der Waals surface area contributed by atoms with Gasteiger partial charge in [0.15, 0.2) is 0 Å². The first-order valence-electron chi connectivity index (χ1n) is 17.9. The smallest absolute Gasteiger partial charge is 0.296 e. The number of nitrogens with zero attached hydrogens (tertiary/aromatic N) is 5.